The van der Waals surface area contributed by atoms with Gasteiger partial charge in [-0.3, -0.25) is 4.79 Å². The lowest BCUT2D eigenvalue weighted by atomic mass is 10.0. The molecule has 0 atom stereocenters. The number of hydrogen-bond donors (Lipinski definition) is 2. The van der Waals surface area contributed by atoms with Crippen LogP contribution in [0.25, 0.3) is 0 Å². The number of amides is 2. The minimum Gasteiger partial charge on any atom is -0.450 e. The summed E-state index contributed by atoms with van der Waals surface area (Å²) < 4.78 is 5.00. The van der Waals surface area contributed by atoms with Crippen molar-refractivity contribution in [1.29, 1.82) is 0 Å². The monoisotopic (exact) mass is 334 g/mol. The van der Waals surface area contributed by atoms with E-state index < -0.39 is 0 Å². The highest BCUT2D eigenvalue weighted by Gasteiger charge is 2.25. The molecular formula is C17H26N4O3. The molecule has 0 spiro atoms. The molecule has 0 radical (unpaired) electrons. The van der Waals surface area contributed by atoms with Crippen LogP contribution in [0.5, 0.6) is 0 Å². The van der Waals surface area contributed by atoms with Gasteiger partial charge in [0.05, 0.1) is 12.2 Å². The van der Waals surface area contributed by atoms with E-state index in [-0.39, 0.29) is 24.1 Å². The molecule has 1 aromatic heterocycles. The molecule has 1 aliphatic rings. The Balaban J connectivity index is 1.91. The maximum Gasteiger partial charge on any atom is 0.409 e. The van der Waals surface area contributed by atoms with Crippen molar-refractivity contribution in [3.05, 3.63) is 23.9 Å². The van der Waals surface area contributed by atoms with Gasteiger partial charge in [-0.15, -0.1) is 0 Å². The van der Waals surface area contributed by atoms with Crippen molar-refractivity contribution in [3.8, 4) is 0 Å². The van der Waals surface area contributed by atoms with E-state index in [1.165, 1.54) is 0 Å². The van der Waals surface area contributed by atoms with Crippen molar-refractivity contribution in [3.63, 3.8) is 0 Å². The molecule has 2 N–H and O–H groups in total. The van der Waals surface area contributed by atoms with Crippen molar-refractivity contribution >= 4 is 17.8 Å². The van der Waals surface area contributed by atoms with Crippen molar-refractivity contribution in [2.75, 3.05) is 25.0 Å². The Labute approximate surface area is 142 Å². The number of nitrogens with zero attached hydrogens (tertiary/aromatic N) is 2. The summed E-state index contributed by atoms with van der Waals surface area (Å²) >= 11 is 0. The van der Waals surface area contributed by atoms with E-state index in [2.05, 4.69) is 15.6 Å². The van der Waals surface area contributed by atoms with Gasteiger partial charge in [-0.05, 0) is 45.7 Å². The van der Waals surface area contributed by atoms with Crippen molar-refractivity contribution in [2.24, 2.45) is 0 Å². The third kappa shape index (κ3) is 4.84. The van der Waals surface area contributed by atoms with Gasteiger partial charge in [0.15, 0.2) is 0 Å². The molecule has 2 heterocycles. The van der Waals surface area contributed by atoms with Gasteiger partial charge in [0, 0.05) is 31.4 Å². The van der Waals surface area contributed by atoms with E-state index in [1.807, 2.05) is 13.8 Å². The number of piperidine rings is 1. The molecule has 24 heavy (non-hydrogen) atoms. The van der Waals surface area contributed by atoms with Crippen molar-refractivity contribution < 1.29 is 14.3 Å². The van der Waals surface area contributed by atoms with E-state index >= 15 is 0 Å². The molecule has 7 nitrogen and oxygen atoms in total. The lowest BCUT2D eigenvalue weighted by molar-refractivity contribution is 0.0860. The van der Waals surface area contributed by atoms with Crippen LogP contribution in [0.2, 0.25) is 0 Å². The smallest absolute Gasteiger partial charge is 0.409 e. The highest BCUT2D eigenvalue weighted by molar-refractivity contribution is 5.98. The average molecular weight is 334 g/mol. The highest BCUT2D eigenvalue weighted by Crippen LogP contribution is 2.16. The molecule has 2 amide bonds. The lowest BCUT2D eigenvalue weighted by Gasteiger charge is -2.31. The maximum absolute atomic E-state index is 12.5. The van der Waals surface area contributed by atoms with Gasteiger partial charge in [0.2, 0.25) is 0 Å². The largest absolute Gasteiger partial charge is 0.450 e. The van der Waals surface area contributed by atoms with Crippen LogP contribution in [-0.2, 0) is 4.74 Å². The zero-order chi connectivity index (χ0) is 17.5. The van der Waals surface area contributed by atoms with Crippen LogP contribution in [0.4, 0.5) is 10.6 Å². The first-order chi connectivity index (χ1) is 11.5. The average Bonchev–Trinajstić information content (AvgIpc) is 2.55. The third-order valence-electron chi connectivity index (χ3n) is 3.83. The zero-order valence-corrected chi connectivity index (χ0v) is 14.5. The molecule has 1 aliphatic heterocycles. The van der Waals surface area contributed by atoms with Crippen LogP contribution < -0.4 is 10.6 Å². The Morgan fingerprint density at radius 3 is 2.71 bits per heavy atom. The molecule has 2 rings (SSSR count). The Hall–Kier alpha value is -2.31. The number of hydrogen-bond acceptors (Lipinski definition) is 5. The van der Waals surface area contributed by atoms with Gasteiger partial charge in [-0.2, -0.15) is 0 Å². The second-order valence-electron chi connectivity index (χ2n) is 6.13. The van der Waals surface area contributed by atoms with Crippen molar-refractivity contribution in [1.82, 2.24) is 15.2 Å². The number of rotatable bonds is 5. The summed E-state index contributed by atoms with van der Waals surface area (Å²) in [5, 5.41) is 6.23. The van der Waals surface area contributed by atoms with Crippen LogP contribution >= 0.6 is 0 Å². The number of anilines is 1. The van der Waals surface area contributed by atoms with E-state index in [4.69, 9.17) is 4.74 Å². The number of carbonyl (C=O) groups excluding carboxylic acids is 2. The van der Waals surface area contributed by atoms with Gasteiger partial charge >= 0.3 is 6.09 Å². The fourth-order valence-electron chi connectivity index (χ4n) is 2.66. The Bertz CT molecular complexity index is 569. The van der Waals surface area contributed by atoms with Gasteiger partial charge in [0.25, 0.3) is 5.91 Å². The number of nitrogens with one attached hydrogen (secondary N) is 2. The molecular weight excluding hydrogens is 308 g/mol. The topological polar surface area (TPSA) is 83.6 Å². The molecule has 1 saturated heterocycles. The van der Waals surface area contributed by atoms with Crippen LogP contribution in [0.3, 0.4) is 0 Å². The van der Waals surface area contributed by atoms with Crippen molar-refractivity contribution in [2.45, 2.75) is 45.7 Å². The molecule has 1 fully saturated rings. The second-order valence-corrected chi connectivity index (χ2v) is 6.13. The van der Waals surface area contributed by atoms with E-state index in [1.54, 1.807) is 30.2 Å². The molecule has 0 bridgehead atoms. The Kier molecular flexibility index (Phi) is 6.40. The number of carbonyl (C=O) groups is 2. The van der Waals surface area contributed by atoms with Crippen LogP contribution in [0.1, 0.15) is 44.0 Å². The third-order valence-corrected chi connectivity index (χ3v) is 3.83. The van der Waals surface area contributed by atoms with Gasteiger partial charge in [-0.25, -0.2) is 9.78 Å². The lowest BCUT2D eigenvalue weighted by Crippen LogP contribution is -2.46. The Morgan fingerprint density at radius 2 is 2.08 bits per heavy atom. The van der Waals surface area contributed by atoms with Gasteiger partial charge in [-0.1, -0.05) is 0 Å². The summed E-state index contributed by atoms with van der Waals surface area (Å²) in [7, 11) is 0. The molecule has 0 saturated carbocycles. The fraction of sp³-hybridized carbons (Fsp3) is 0.588. The highest BCUT2D eigenvalue weighted by atomic mass is 16.6. The first-order valence-corrected chi connectivity index (χ1v) is 8.45. The number of ether oxygens (including phenoxy) is 1. The van der Waals surface area contributed by atoms with Gasteiger partial charge < -0.3 is 20.3 Å². The molecule has 1 aromatic rings. The fourth-order valence-corrected chi connectivity index (χ4v) is 2.66. The van der Waals surface area contributed by atoms with E-state index in [0.717, 1.165) is 12.8 Å². The molecule has 0 unspecified atom stereocenters. The minimum atomic E-state index is -0.280. The summed E-state index contributed by atoms with van der Waals surface area (Å²) in [6, 6.07) is 3.76. The molecule has 0 aromatic carbocycles. The minimum absolute atomic E-state index is 0.0512. The maximum atomic E-state index is 12.5. The van der Waals surface area contributed by atoms with Crippen LogP contribution in [0.15, 0.2) is 18.3 Å². The summed E-state index contributed by atoms with van der Waals surface area (Å²) in [5.74, 6) is 0.454. The standard InChI is InChI=1S/C17H26N4O3/c1-4-24-17(23)21-10-7-13(8-11-21)20-16(22)14-6-5-9-18-15(14)19-12(2)3/h5-6,9,12-13H,4,7-8,10-11H2,1-3H3,(H,18,19)(H,20,22). The normalized spacial score (nSPS) is 15.2. The predicted octanol–water partition coefficient (Wildman–Crippen LogP) is 2.25. The summed E-state index contributed by atoms with van der Waals surface area (Å²) in [4.78, 5) is 30.2. The molecule has 7 heteroatoms. The first kappa shape index (κ1) is 18.0. The number of likely N-dealkylation sites (tertiary alicyclic amines) is 1. The first-order valence-electron chi connectivity index (χ1n) is 8.45. The Morgan fingerprint density at radius 1 is 1.38 bits per heavy atom. The quantitative estimate of drug-likeness (QED) is 0.863. The van der Waals surface area contributed by atoms with E-state index in [9.17, 15) is 9.59 Å². The van der Waals surface area contributed by atoms with Crippen LogP contribution in [0, 0.1) is 0 Å². The summed E-state index contributed by atoms with van der Waals surface area (Å²) in [6.45, 7) is 7.36. The van der Waals surface area contributed by atoms with Gasteiger partial charge in [0.1, 0.15) is 5.82 Å². The predicted molar refractivity (Wildman–Crippen MR) is 92.1 cm³/mol. The van der Waals surface area contributed by atoms with Crippen LogP contribution in [-0.4, -0.2) is 53.7 Å². The molecule has 0 aliphatic carbocycles. The zero-order valence-electron chi connectivity index (χ0n) is 14.5. The number of aromatic nitrogens is 1. The summed E-state index contributed by atoms with van der Waals surface area (Å²) in [6.07, 6.45) is 2.83. The summed E-state index contributed by atoms with van der Waals surface area (Å²) in [5.41, 5.74) is 0.541. The SMILES string of the molecule is CCOC(=O)N1CCC(NC(=O)c2cccnc2NC(C)C)CC1. The number of pyridine rings is 1. The molecule has 132 valence electrons. The van der Waals surface area contributed by atoms with E-state index in [0.29, 0.717) is 31.1 Å². The second kappa shape index (κ2) is 8.52.